The smallest absolute Gasteiger partial charge is 0.338 e. The van der Waals surface area contributed by atoms with E-state index in [1.165, 1.54) is 11.8 Å². The van der Waals surface area contributed by atoms with E-state index >= 15 is 0 Å². The number of aromatic hydroxyl groups is 1. The van der Waals surface area contributed by atoms with Gasteiger partial charge in [-0.1, -0.05) is 12.1 Å². The minimum Gasteiger partial charge on any atom is -0.508 e. The van der Waals surface area contributed by atoms with E-state index in [0.717, 1.165) is 38.8 Å². The van der Waals surface area contributed by atoms with Gasteiger partial charge in [0.15, 0.2) is 0 Å². The lowest BCUT2D eigenvalue weighted by atomic mass is 9.90. The van der Waals surface area contributed by atoms with E-state index in [9.17, 15) is 14.7 Å². The van der Waals surface area contributed by atoms with Crippen LogP contribution >= 0.6 is 0 Å². The highest BCUT2D eigenvalue weighted by Gasteiger charge is 2.36. The summed E-state index contributed by atoms with van der Waals surface area (Å²) in [6.45, 7) is 4.28. The lowest BCUT2D eigenvalue weighted by Crippen LogP contribution is -2.49. The van der Waals surface area contributed by atoms with Crippen molar-refractivity contribution in [2.75, 3.05) is 26.2 Å². The van der Waals surface area contributed by atoms with Crippen LogP contribution in [-0.2, 0) is 16.0 Å². The number of amides is 2. The zero-order valence-electron chi connectivity index (χ0n) is 18.9. The van der Waals surface area contributed by atoms with Gasteiger partial charge in [0.25, 0.3) is 0 Å². The molecule has 0 radical (unpaired) electrons. The van der Waals surface area contributed by atoms with Crippen LogP contribution in [0.15, 0.2) is 58.3 Å². The molecule has 0 saturated carbocycles. The van der Waals surface area contributed by atoms with Crippen molar-refractivity contribution in [2.45, 2.75) is 38.6 Å². The zero-order valence-corrected chi connectivity index (χ0v) is 18.9. The number of likely N-dealkylation sites (tertiary alicyclic amines) is 1. The molecule has 1 aromatic heterocycles. The number of ether oxygens (including phenoxy) is 1. The number of hydrogen-bond acceptors (Lipinski definition) is 6. The first-order chi connectivity index (χ1) is 16.0. The summed E-state index contributed by atoms with van der Waals surface area (Å²) in [5.74, 6) is 0.971. The Bertz CT molecular complexity index is 976. The molecule has 8 heteroatoms. The molecule has 2 amide bonds. The molecule has 2 aliphatic heterocycles. The monoisotopic (exact) mass is 453 g/mol. The number of furan rings is 1. The van der Waals surface area contributed by atoms with Gasteiger partial charge in [-0.3, -0.25) is 4.90 Å². The van der Waals surface area contributed by atoms with Crippen LogP contribution < -0.4 is 10.6 Å². The number of phenolic OH excluding ortho intramolecular Hbond substituents is 1. The summed E-state index contributed by atoms with van der Waals surface area (Å²) in [5, 5.41) is 15.0. The molecule has 8 nitrogen and oxygen atoms in total. The quantitative estimate of drug-likeness (QED) is 0.529. The van der Waals surface area contributed by atoms with Gasteiger partial charge in [-0.05, 0) is 81.4 Å². The van der Waals surface area contributed by atoms with Gasteiger partial charge >= 0.3 is 12.0 Å². The van der Waals surface area contributed by atoms with Gasteiger partial charge in [-0.2, -0.15) is 0 Å². The molecule has 3 N–H and O–H groups in total. The summed E-state index contributed by atoms with van der Waals surface area (Å²) in [4.78, 5) is 27.4. The average Bonchev–Trinajstić information content (AvgIpc) is 3.34. The number of piperidine rings is 1. The van der Waals surface area contributed by atoms with Crippen molar-refractivity contribution in [1.29, 1.82) is 0 Å². The highest BCUT2D eigenvalue weighted by Crippen LogP contribution is 2.30. The third kappa shape index (κ3) is 5.76. The summed E-state index contributed by atoms with van der Waals surface area (Å²) in [7, 11) is 0. The Labute approximate surface area is 193 Å². The van der Waals surface area contributed by atoms with Crippen LogP contribution in [0.2, 0.25) is 0 Å². The van der Waals surface area contributed by atoms with Crippen LogP contribution in [0, 0.1) is 5.92 Å². The maximum absolute atomic E-state index is 12.8. The first-order valence-corrected chi connectivity index (χ1v) is 11.5. The third-order valence-corrected chi connectivity index (χ3v) is 6.34. The van der Waals surface area contributed by atoms with Crippen LogP contribution in [0.25, 0.3) is 0 Å². The van der Waals surface area contributed by atoms with Crippen molar-refractivity contribution in [3.05, 3.63) is 65.3 Å². The maximum Gasteiger partial charge on any atom is 0.338 e. The number of hydrogen-bond donors (Lipinski definition) is 3. The first-order valence-electron chi connectivity index (χ1n) is 11.5. The van der Waals surface area contributed by atoms with Crippen LogP contribution in [-0.4, -0.2) is 48.2 Å². The molecule has 1 aromatic carbocycles. The summed E-state index contributed by atoms with van der Waals surface area (Å²) < 4.78 is 10.8. The Morgan fingerprint density at radius 1 is 1.21 bits per heavy atom. The summed E-state index contributed by atoms with van der Waals surface area (Å²) in [6.07, 6.45) is 5.75. The number of nitrogens with one attached hydrogen (secondary N) is 2. The van der Waals surface area contributed by atoms with Gasteiger partial charge in [0.05, 0.1) is 18.4 Å². The number of rotatable bonds is 8. The van der Waals surface area contributed by atoms with Crippen molar-refractivity contribution < 1.29 is 23.8 Å². The molecule has 1 atom stereocenters. The minimum absolute atomic E-state index is 0.251. The van der Waals surface area contributed by atoms with E-state index in [-0.39, 0.29) is 12.6 Å². The van der Waals surface area contributed by atoms with Crippen molar-refractivity contribution >= 4 is 12.0 Å². The summed E-state index contributed by atoms with van der Waals surface area (Å²) in [5.41, 5.74) is 2.20. The Kier molecular flexibility index (Phi) is 7.34. The molecule has 0 bridgehead atoms. The number of nitrogens with zero attached hydrogens (tertiary/aromatic N) is 1. The number of benzene rings is 1. The van der Waals surface area contributed by atoms with Gasteiger partial charge in [0, 0.05) is 12.2 Å². The predicted molar refractivity (Wildman–Crippen MR) is 122 cm³/mol. The molecule has 2 aromatic rings. The molecule has 1 unspecified atom stereocenters. The van der Waals surface area contributed by atoms with Crippen LogP contribution in [0.1, 0.15) is 43.6 Å². The SMILES string of the molecule is CCOC(=O)C1=C(CN2CCC(CCc3ccc(O)cc3)CC2)NC(=O)NC1c1ccco1. The highest BCUT2D eigenvalue weighted by molar-refractivity contribution is 5.95. The number of aryl methyl sites for hydroxylation is 1. The molecule has 2 aliphatic rings. The third-order valence-electron chi connectivity index (χ3n) is 6.34. The number of carbonyl (C=O) groups excluding carboxylic acids is 2. The van der Waals surface area contributed by atoms with E-state index in [2.05, 4.69) is 15.5 Å². The largest absolute Gasteiger partial charge is 0.508 e. The van der Waals surface area contributed by atoms with Crippen molar-refractivity contribution in [1.82, 2.24) is 15.5 Å². The Morgan fingerprint density at radius 3 is 2.64 bits per heavy atom. The number of carbonyl (C=O) groups is 2. The molecule has 1 fully saturated rings. The van der Waals surface area contributed by atoms with E-state index in [0.29, 0.717) is 35.2 Å². The summed E-state index contributed by atoms with van der Waals surface area (Å²) >= 11 is 0. The second-order valence-corrected chi connectivity index (χ2v) is 8.58. The second-order valence-electron chi connectivity index (χ2n) is 8.58. The zero-order chi connectivity index (χ0) is 23.2. The topological polar surface area (TPSA) is 104 Å². The van der Waals surface area contributed by atoms with Gasteiger partial charge in [-0.15, -0.1) is 0 Å². The number of urea groups is 1. The number of phenols is 1. The Morgan fingerprint density at radius 2 is 1.97 bits per heavy atom. The lowest BCUT2D eigenvalue weighted by molar-refractivity contribution is -0.139. The average molecular weight is 454 g/mol. The fraction of sp³-hybridized carbons (Fsp3) is 0.440. The van der Waals surface area contributed by atoms with E-state index in [1.54, 1.807) is 31.2 Å². The summed E-state index contributed by atoms with van der Waals surface area (Å²) in [6, 6.07) is 9.86. The predicted octanol–water partition coefficient (Wildman–Crippen LogP) is 3.50. The molecule has 176 valence electrons. The maximum atomic E-state index is 12.8. The van der Waals surface area contributed by atoms with Crippen molar-refractivity contribution in [3.63, 3.8) is 0 Å². The molecule has 1 saturated heterocycles. The molecular formula is C25H31N3O5. The van der Waals surface area contributed by atoms with Crippen LogP contribution in [0.4, 0.5) is 4.79 Å². The van der Waals surface area contributed by atoms with Gasteiger partial charge < -0.3 is 24.9 Å². The highest BCUT2D eigenvalue weighted by atomic mass is 16.5. The van der Waals surface area contributed by atoms with E-state index in [4.69, 9.17) is 9.15 Å². The molecular weight excluding hydrogens is 422 g/mol. The number of esters is 1. The normalized spacial score (nSPS) is 19.8. The minimum atomic E-state index is -0.675. The van der Waals surface area contributed by atoms with E-state index in [1.807, 2.05) is 12.1 Å². The van der Waals surface area contributed by atoms with Crippen LogP contribution in [0.3, 0.4) is 0 Å². The van der Waals surface area contributed by atoms with Gasteiger partial charge in [0.1, 0.15) is 17.6 Å². The standard InChI is InChI=1S/C25H31N3O5/c1-2-32-24(30)22-20(26-25(31)27-23(22)21-4-3-15-33-21)16-28-13-11-18(12-14-28)6-5-17-7-9-19(29)10-8-17/h3-4,7-10,15,18,23,29H,2,5-6,11-14,16H2,1H3,(H2,26,27,31). The van der Waals surface area contributed by atoms with E-state index < -0.39 is 12.0 Å². The van der Waals surface area contributed by atoms with Crippen molar-refractivity contribution in [3.8, 4) is 5.75 Å². The molecule has 0 aliphatic carbocycles. The molecule has 4 rings (SSSR count). The van der Waals surface area contributed by atoms with Crippen LogP contribution in [0.5, 0.6) is 5.75 Å². The fourth-order valence-corrected chi connectivity index (χ4v) is 4.55. The first kappa shape index (κ1) is 22.9. The van der Waals surface area contributed by atoms with Gasteiger partial charge in [-0.25, -0.2) is 9.59 Å². The Hall–Kier alpha value is -3.26. The molecule has 33 heavy (non-hydrogen) atoms. The lowest BCUT2D eigenvalue weighted by Gasteiger charge is -2.35. The second kappa shape index (κ2) is 10.6. The van der Waals surface area contributed by atoms with Gasteiger partial charge in [0.2, 0.25) is 0 Å². The fourth-order valence-electron chi connectivity index (χ4n) is 4.55. The molecule has 0 spiro atoms. The van der Waals surface area contributed by atoms with Crippen molar-refractivity contribution in [2.24, 2.45) is 5.92 Å². The molecule has 3 heterocycles. The Balaban J connectivity index is 1.40.